The van der Waals surface area contributed by atoms with Gasteiger partial charge < -0.3 is 4.74 Å². The van der Waals surface area contributed by atoms with Crippen molar-refractivity contribution >= 4 is 35.8 Å². The van der Waals surface area contributed by atoms with Crippen LogP contribution in [-0.4, -0.2) is 40.5 Å². The molecule has 3 rings (SSSR count). The van der Waals surface area contributed by atoms with Crippen LogP contribution in [0.15, 0.2) is 56.7 Å². The first-order valence-corrected chi connectivity index (χ1v) is 13.0. The van der Waals surface area contributed by atoms with E-state index in [0.29, 0.717) is 24.0 Å². The van der Waals surface area contributed by atoms with E-state index in [-0.39, 0.29) is 15.8 Å². The average molecular weight is 488 g/mol. The summed E-state index contributed by atoms with van der Waals surface area (Å²) in [6, 6.07) is 11.2. The highest BCUT2D eigenvalue weighted by molar-refractivity contribution is 9.10. The predicted octanol–water partition coefficient (Wildman–Crippen LogP) is 3.78. The van der Waals surface area contributed by atoms with Gasteiger partial charge in [-0.2, -0.15) is 4.31 Å². The predicted molar refractivity (Wildman–Crippen MR) is 111 cm³/mol. The smallest absolute Gasteiger partial charge is 0.244 e. The molecule has 0 spiro atoms. The van der Waals surface area contributed by atoms with Crippen molar-refractivity contribution in [3.63, 3.8) is 0 Å². The molecule has 1 atom stereocenters. The van der Waals surface area contributed by atoms with Crippen LogP contribution in [-0.2, 0) is 19.9 Å². The van der Waals surface area contributed by atoms with Gasteiger partial charge in [0.15, 0.2) is 9.84 Å². The van der Waals surface area contributed by atoms with E-state index in [2.05, 4.69) is 15.9 Å². The molecule has 6 nitrogen and oxygen atoms in total. The Morgan fingerprint density at radius 3 is 2.39 bits per heavy atom. The van der Waals surface area contributed by atoms with Gasteiger partial charge in [-0.1, -0.05) is 12.1 Å². The summed E-state index contributed by atoms with van der Waals surface area (Å²) in [6.45, 7) is 2.85. The first-order chi connectivity index (χ1) is 13.1. The van der Waals surface area contributed by atoms with Crippen molar-refractivity contribution in [1.29, 1.82) is 0 Å². The van der Waals surface area contributed by atoms with Gasteiger partial charge in [0, 0.05) is 17.3 Å². The van der Waals surface area contributed by atoms with Crippen LogP contribution in [0.5, 0.6) is 5.75 Å². The Labute approximate surface area is 174 Å². The third-order valence-electron chi connectivity index (χ3n) is 4.70. The van der Waals surface area contributed by atoms with Crippen LogP contribution in [0.4, 0.5) is 0 Å². The molecule has 1 aliphatic heterocycles. The van der Waals surface area contributed by atoms with Crippen molar-refractivity contribution in [3.8, 4) is 5.75 Å². The quantitative estimate of drug-likeness (QED) is 0.619. The van der Waals surface area contributed by atoms with Crippen molar-refractivity contribution < 1.29 is 21.6 Å². The highest BCUT2D eigenvalue weighted by Gasteiger charge is 2.37. The molecule has 1 saturated heterocycles. The van der Waals surface area contributed by atoms with E-state index in [9.17, 15) is 16.8 Å². The molecule has 1 fully saturated rings. The number of benzene rings is 2. The molecule has 9 heteroatoms. The molecule has 1 aliphatic rings. The minimum absolute atomic E-state index is 0.0221. The molecule has 0 saturated carbocycles. The standard InChI is InChI=1S/C19H22BrNO5S2/c1-3-26-15-8-6-14(7-9-15)18-5-4-12-21(18)28(24,25)19-13-16(27(2,22)23)10-11-17(19)20/h6-11,13,18H,3-5,12H2,1-2H3. The van der Waals surface area contributed by atoms with Gasteiger partial charge in [0.25, 0.3) is 0 Å². The number of hydrogen-bond acceptors (Lipinski definition) is 5. The van der Waals surface area contributed by atoms with E-state index in [1.165, 1.54) is 22.5 Å². The maximum atomic E-state index is 13.4. The number of halogens is 1. The molecule has 1 heterocycles. The van der Waals surface area contributed by atoms with Gasteiger partial charge in [-0.3, -0.25) is 0 Å². The Kier molecular flexibility index (Phi) is 6.19. The van der Waals surface area contributed by atoms with E-state index in [0.717, 1.165) is 24.0 Å². The number of nitrogens with zero attached hydrogens (tertiary/aromatic N) is 1. The summed E-state index contributed by atoms with van der Waals surface area (Å²) in [4.78, 5) is -0.0562. The normalized spacial score (nSPS) is 18.3. The van der Waals surface area contributed by atoms with Crippen LogP contribution in [0, 0.1) is 0 Å². The molecule has 0 aromatic heterocycles. The Morgan fingerprint density at radius 1 is 1.11 bits per heavy atom. The summed E-state index contributed by atoms with van der Waals surface area (Å²) in [6.07, 6.45) is 2.50. The lowest BCUT2D eigenvalue weighted by molar-refractivity contribution is 0.339. The van der Waals surface area contributed by atoms with E-state index < -0.39 is 19.9 Å². The third-order valence-corrected chi connectivity index (χ3v) is 8.71. The Balaban J connectivity index is 1.99. The van der Waals surface area contributed by atoms with Gasteiger partial charge in [-0.25, -0.2) is 16.8 Å². The molecule has 0 radical (unpaired) electrons. The summed E-state index contributed by atoms with van der Waals surface area (Å²) in [5.74, 6) is 0.738. The third kappa shape index (κ3) is 4.27. The van der Waals surface area contributed by atoms with Gasteiger partial charge in [0.2, 0.25) is 10.0 Å². The van der Waals surface area contributed by atoms with E-state index in [1.807, 2.05) is 31.2 Å². The van der Waals surface area contributed by atoms with Gasteiger partial charge >= 0.3 is 0 Å². The van der Waals surface area contributed by atoms with Gasteiger partial charge in [-0.15, -0.1) is 0 Å². The Hall–Kier alpha value is -1.42. The fraction of sp³-hybridized carbons (Fsp3) is 0.368. The number of sulfonamides is 1. The molecule has 0 amide bonds. The van der Waals surface area contributed by atoms with Crippen LogP contribution in [0.25, 0.3) is 0 Å². The van der Waals surface area contributed by atoms with E-state index in [1.54, 1.807) is 0 Å². The van der Waals surface area contributed by atoms with E-state index >= 15 is 0 Å². The molecular formula is C19H22BrNO5S2. The second-order valence-corrected chi connectivity index (χ2v) is 11.4. The molecule has 1 unspecified atom stereocenters. The summed E-state index contributed by atoms with van der Waals surface area (Å²) in [5, 5.41) is 0. The van der Waals surface area contributed by atoms with Crippen LogP contribution in [0.3, 0.4) is 0 Å². The zero-order chi connectivity index (χ0) is 20.5. The molecule has 0 N–H and O–H groups in total. The molecule has 2 aromatic rings. The SMILES string of the molecule is CCOc1ccc(C2CCCN2S(=O)(=O)c2cc(S(C)(=O)=O)ccc2Br)cc1. The molecule has 152 valence electrons. The maximum Gasteiger partial charge on any atom is 0.244 e. The molecule has 0 aliphatic carbocycles. The second-order valence-electron chi connectivity index (χ2n) is 6.64. The number of sulfone groups is 1. The van der Waals surface area contributed by atoms with Gasteiger partial charge in [0.05, 0.1) is 22.4 Å². The second kappa shape index (κ2) is 8.14. The van der Waals surface area contributed by atoms with Crippen LogP contribution >= 0.6 is 15.9 Å². The number of ether oxygens (including phenoxy) is 1. The van der Waals surface area contributed by atoms with Crippen molar-refractivity contribution in [2.75, 3.05) is 19.4 Å². The fourth-order valence-corrected chi connectivity index (χ4v) is 6.71. The molecule has 0 bridgehead atoms. The van der Waals surface area contributed by atoms with E-state index in [4.69, 9.17) is 4.74 Å². The molecular weight excluding hydrogens is 466 g/mol. The maximum absolute atomic E-state index is 13.4. The first kappa shape index (κ1) is 21.3. The highest BCUT2D eigenvalue weighted by Crippen LogP contribution is 2.39. The zero-order valence-electron chi connectivity index (χ0n) is 15.6. The minimum Gasteiger partial charge on any atom is -0.494 e. The lowest BCUT2D eigenvalue weighted by Gasteiger charge is -2.25. The summed E-state index contributed by atoms with van der Waals surface area (Å²) in [5.41, 5.74) is 0.889. The summed E-state index contributed by atoms with van der Waals surface area (Å²) in [7, 11) is -7.40. The van der Waals surface area contributed by atoms with Gasteiger partial charge in [-0.05, 0) is 71.6 Å². The van der Waals surface area contributed by atoms with Crippen molar-refractivity contribution in [2.45, 2.75) is 35.6 Å². The number of hydrogen-bond donors (Lipinski definition) is 0. The monoisotopic (exact) mass is 487 g/mol. The molecule has 2 aromatic carbocycles. The molecule has 28 heavy (non-hydrogen) atoms. The average Bonchev–Trinajstić information content (AvgIpc) is 3.12. The zero-order valence-corrected chi connectivity index (χ0v) is 18.8. The van der Waals surface area contributed by atoms with Gasteiger partial charge in [0.1, 0.15) is 5.75 Å². The first-order valence-electron chi connectivity index (χ1n) is 8.89. The lowest BCUT2D eigenvalue weighted by Crippen LogP contribution is -2.31. The highest BCUT2D eigenvalue weighted by atomic mass is 79.9. The fourth-order valence-electron chi connectivity index (χ4n) is 3.35. The minimum atomic E-state index is -3.88. The van der Waals surface area contributed by atoms with Crippen LogP contribution < -0.4 is 4.74 Å². The lowest BCUT2D eigenvalue weighted by atomic mass is 10.1. The largest absolute Gasteiger partial charge is 0.494 e. The topological polar surface area (TPSA) is 80.8 Å². The van der Waals surface area contributed by atoms with Crippen LogP contribution in [0.1, 0.15) is 31.4 Å². The Morgan fingerprint density at radius 2 is 1.79 bits per heavy atom. The summed E-state index contributed by atoms with van der Waals surface area (Å²) < 4.78 is 57.7. The van der Waals surface area contributed by atoms with Crippen molar-refractivity contribution in [1.82, 2.24) is 4.31 Å². The summed E-state index contributed by atoms with van der Waals surface area (Å²) >= 11 is 3.27. The van der Waals surface area contributed by atoms with Crippen molar-refractivity contribution in [3.05, 3.63) is 52.5 Å². The van der Waals surface area contributed by atoms with Crippen LogP contribution in [0.2, 0.25) is 0 Å². The van der Waals surface area contributed by atoms with Crippen molar-refractivity contribution in [2.24, 2.45) is 0 Å². The Bertz CT molecular complexity index is 1070. The number of rotatable bonds is 6.